The number of hydrogen-bond donors (Lipinski definition) is 3. The molecule has 7 nitrogen and oxygen atoms in total. The van der Waals surface area contributed by atoms with Crippen molar-refractivity contribution in [1.29, 1.82) is 0 Å². The molecule has 3 N–H and O–H groups in total. The van der Waals surface area contributed by atoms with Gasteiger partial charge in [-0.05, 0) is 50.1 Å². The van der Waals surface area contributed by atoms with E-state index >= 15 is 0 Å². The SMILES string of the molecule is C=CCc1cc(CN=C(NCC)NCC(C)(O)c2ccco2)cc(OC)c1OC. The van der Waals surface area contributed by atoms with Gasteiger partial charge in [0.05, 0.1) is 33.6 Å². The van der Waals surface area contributed by atoms with Crippen LogP contribution in [-0.4, -0.2) is 38.4 Å². The van der Waals surface area contributed by atoms with Crippen LogP contribution >= 0.6 is 0 Å². The number of benzene rings is 1. The van der Waals surface area contributed by atoms with E-state index in [0.29, 0.717) is 42.7 Å². The molecular formula is C22H31N3O4. The minimum Gasteiger partial charge on any atom is -0.493 e. The Morgan fingerprint density at radius 2 is 2.10 bits per heavy atom. The molecule has 0 bridgehead atoms. The maximum atomic E-state index is 10.6. The molecule has 2 aromatic rings. The average Bonchev–Trinajstić information content (AvgIpc) is 3.26. The van der Waals surface area contributed by atoms with Gasteiger partial charge in [-0.1, -0.05) is 6.08 Å². The van der Waals surface area contributed by atoms with Crippen LogP contribution in [0.5, 0.6) is 11.5 Å². The maximum Gasteiger partial charge on any atom is 0.191 e. The Morgan fingerprint density at radius 3 is 2.69 bits per heavy atom. The highest BCUT2D eigenvalue weighted by atomic mass is 16.5. The zero-order valence-electron chi connectivity index (χ0n) is 17.6. The predicted molar refractivity (Wildman–Crippen MR) is 115 cm³/mol. The van der Waals surface area contributed by atoms with Crippen LogP contribution < -0.4 is 20.1 Å². The number of guanidine groups is 1. The van der Waals surface area contributed by atoms with Crippen LogP contribution in [0, 0.1) is 0 Å². The zero-order valence-corrected chi connectivity index (χ0v) is 17.6. The third kappa shape index (κ3) is 6.02. The number of rotatable bonds is 10. The summed E-state index contributed by atoms with van der Waals surface area (Å²) in [7, 11) is 3.24. The molecule has 0 aliphatic carbocycles. The summed E-state index contributed by atoms with van der Waals surface area (Å²) in [6.07, 6.45) is 4.04. The van der Waals surface area contributed by atoms with Crippen LogP contribution in [-0.2, 0) is 18.6 Å². The highest BCUT2D eigenvalue weighted by Crippen LogP contribution is 2.33. The van der Waals surface area contributed by atoms with Crippen molar-refractivity contribution in [3.8, 4) is 11.5 Å². The second-order valence-electron chi connectivity index (χ2n) is 6.78. The summed E-state index contributed by atoms with van der Waals surface area (Å²) < 4.78 is 16.3. The Bertz CT molecular complexity index is 814. The van der Waals surface area contributed by atoms with Crippen LogP contribution in [0.3, 0.4) is 0 Å². The van der Waals surface area contributed by atoms with Gasteiger partial charge < -0.3 is 29.6 Å². The van der Waals surface area contributed by atoms with Gasteiger partial charge >= 0.3 is 0 Å². The molecule has 29 heavy (non-hydrogen) atoms. The van der Waals surface area contributed by atoms with Gasteiger partial charge in [-0.15, -0.1) is 6.58 Å². The average molecular weight is 402 g/mol. The first-order chi connectivity index (χ1) is 13.9. The molecule has 0 aliphatic heterocycles. The van der Waals surface area contributed by atoms with Gasteiger partial charge in [-0.2, -0.15) is 0 Å². The van der Waals surface area contributed by atoms with Crippen molar-refractivity contribution in [3.63, 3.8) is 0 Å². The molecule has 0 spiro atoms. The van der Waals surface area contributed by atoms with Crippen LogP contribution in [0.15, 0.2) is 52.6 Å². The van der Waals surface area contributed by atoms with Crippen molar-refractivity contribution in [1.82, 2.24) is 10.6 Å². The second kappa shape index (κ2) is 10.6. The van der Waals surface area contributed by atoms with E-state index in [4.69, 9.17) is 13.9 Å². The van der Waals surface area contributed by atoms with Gasteiger partial charge in [-0.3, -0.25) is 0 Å². The summed E-state index contributed by atoms with van der Waals surface area (Å²) in [5, 5.41) is 17.0. The summed E-state index contributed by atoms with van der Waals surface area (Å²) in [5.74, 6) is 2.46. The van der Waals surface area contributed by atoms with E-state index in [2.05, 4.69) is 22.2 Å². The summed E-state index contributed by atoms with van der Waals surface area (Å²) >= 11 is 0. The molecule has 7 heteroatoms. The van der Waals surface area contributed by atoms with Crippen LogP contribution in [0.2, 0.25) is 0 Å². The largest absolute Gasteiger partial charge is 0.493 e. The molecule has 0 radical (unpaired) electrons. The molecule has 1 aromatic carbocycles. The van der Waals surface area contributed by atoms with E-state index < -0.39 is 5.60 Å². The molecule has 0 saturated heterocycles. The Morgan fingerprint density at radius 1 is 1.31 bits per heavy atom. The lowest BCUT2D eigenvalue weighted by molar-refractivity contribution is 0.0386. The summed E-state index contributed by atoms with van der Waals surface area (Å²) in [5.41, 5.74) is 0.820. The van der Waals surface area contributed by atoms with E-state index in [0.717, 1.165) is 11.1 Å². The minimum atomic E-state index is -1.15. The summed E-state index contributed by atoms with van der Waals surface area (Å²) in [4.78, 5) is 4.63. The fraction of sp³-hybridized carbons (Fsp3) is 0.409. The highest BCUT2D eigenvalue weighted by molar-refractivity contribution is 5.79. The van der Waals surface area contributed by atoms with Crippen molar-refractivity contribution in [2.24, 2.45) is 4.99 Å². The van der Waals surface area contributed by atoms with E-state index in [1.54, 1.807) is 39.5 Å². The van der Waals surface area contributed by atoms with E-state index in [9.17, 15) is 5.11 Å². The van der Waals surface area contributed by atoms with Gasteiger partial charge in [0.25, 0.3) is 0 Å². The molecule has 158 valence electrons. The van der Waals surface area contributed by atoms with Crippen molar-refractivity contribution in [2.75, 3.05) is 27.3 Å². The fourth-order valence-electron chi connectivity index (χ4n) is 2.94. The van der Waals surface area contributed by atoms with Crippen LogP contribution in [0.4, 0.5) is 0 Å². The first-order valence-electron chi connectivity index (χ1n) is 9.58. The number of hydrogen-bond acceptors (Lipinski definition) is 5. The zero-order chi connectivity index (χ0) is 21.3. The molecule has 1 heterocycles. The number of nitrogens with one attached hydrogen (secondary N) is 2. The quantitative estimate of drug-likeness (QED) is 0.322. The van der Waals surface area contributed by atoms with Gasteiger partial charge in [0.1, 0.15) is 11.4 Å². The molecule has 1 atom stereocenters. The molecule has 1 aromatic heterocycles. The minimum absolute atomic E-state index is 0.250. The number of allylic oxidation sites excluding steroid dienone is 1. The molecule has 0 amide bonds. The molecular weight excluding hydrogens is 370 g/mol. The van der Waals surface area contributed by atoms with Crippen molar-refractivity contribution in [2.45, 2.75) is 32.4 Å². The molecule has 2 rings (SSSR count). The smallest absolute Gasteiger partial charge is 0.191 e. The monoisotopic (exact) mass is 401 g/mol. The summed E-state index contributed by atoms with van der Waals surface area (Å²) in [6.45, 7) is 8.87. The normalized spacial score (nSPS) is 13.5. The molecule has 0 aliphatic rings. The van der Waals surface area contributed by atoms with E-state index in [-0.39, 0.29) is 6.54 Å². The standard InChI is InChI=1S/C22H31N3O4/c1-6-9-17-12-16(13-18(27-4)20(17)28-5)14-24-21(23-7-2)25-15-22(3,26)19-10-8-11-29-19/h6,8,10-13,26H,1,7,9,14-15H2,2-5H3,(H2,23,24,25). The summed E-state index contributed by atoms with van der Waals surface area (Å²) in [6, 6.07) is 7.45. The first kappa shape index (κ1) is 22.4. The number of aliphatic imine (C=N–C) groups is 1. The number of nitrogens with zero attached hydrogens (tertiary/aromatic N) is 1. The predicted octanol–water partition coefficient (Wildman–Crippen LogP) is 2.99. The second-order valence-corrected chi connectivity index (χ2v) is 6.78. The fourth-order valence-corrected chi connectivity index (χ4v) is 2.94. The van der Waals surface area contributed by atoms with Gasteiger partial charge in [0.15, 0.2) is 17.5 Å². The lowest BCUT2D eigenvalue weighted by atomic mass is 10.0. The first-order valence-corrected chi connectivity index (χ1v) is 9.58. The lowest BCUT2D eigenvalue weighted by Gasteiger charge is -2.22. The lowest BCUT2D eigenvalue weighted by Crippen LogP contribution is -2.44. The number of methoxy groups -OCH3 is 2. The van der Waals surface area contributed by atoms with Crippen LogP contribution in [0.25, 0.3) is 0 Å². The number of furan rings is 1. The molecule has 0 fully saturated rings. The van der Waals surface area contributed by atoms with E-state index in [1.165, 1.54) is 0 Å². The van der Waals surface area contributed by atoms with E-state index in [1.807, 2.05) is 25.1 Å². The number of aliphatic hydroxyl groups is 1. The van der Waals surface area contributed by atoms with Crippen molar-refractivity contribution in [3.05, 3.63) is 60.1 Å². The van der Waals surface area contributed by atoms with Crippen molar-refractivity contribution >= 4 is 5.96 Å². The topological polar surface area (TPSA) is 88.3 Å². The Hall–Kier alpha value is -2.93. The Balaban J connectivity index is 2.17. The van der Waals surface area contributed by atoms with Gasteiger partial charge in [0.2, 0.25) is 0 Å². The Kier molecular flexibility index (Phi) is 8.15. The maximum absolute atomic E-state index is 10.6. The molecule has 0 saturated carbocycles. The van der Waals surface area contributed by atoms with Crippen LogP contribution in [0.1, 0.15) is 30.7 Å². The third-order valence-corrected chi connectivity index (χ3v) is 4.40. The number of ether oxygens (including phenoxy) is 2. The Labute approximate surface area is 172 Å². The molecule has 1 unspecified atom stereocenters. The third-order valence-electron chi connectivity index (χ3n) is 4.40. The highest BCUT2D eigenvalue weighted by Gasteiger charge is 2.26. The van der Waals surface area contributed by atoms with Gasteiger partial charge in [0, 0.05) is 12.1 Å². The van der Waals surface area contributed by atoms with Gasteiger partial charge in [-0.25, -0.2) is 4.99 Å². The van der Waals surface area contributed by atoms with Crippen molar-refractivity contribution < 1.29 is 19.0 Å².